The molecule has 0 saturated heterocycles. The fraction of sp³-hybridized carbons (Fsp3) is 0.265. The molecule has 0 unspecified atom stereocenters. The SMILES string of the molecule is CS(=O)(=O)N(c1ccccc1)c1ccccc1C(=O)NOCC[C@H](Cc1ccccc1)[C@@H](O)CNCc1cccc(C(F)(F)F)c1. The molecule has 3 N–H and O–H groups in total. The molecule has 12 heteroatoms. The molecule has 244 valence electrons. The molecule has 0 bridgehead atoms. The Morgan fingerprint density at radius 2 is 1.52 bits per heavy atom. The Balaban J connectivity index is 1.38. The molecular weight excluding hydrogens is 619 g/mol. The Kier molecular flexibility index (Phi) is 11.9. The lowest BCUT2D eigenvalue weighted by Crippen LogP contribution is -2.35. The first-order valence-electron chi connectivity index (χ1n) is 14.6. The highest BCUT2D eigenvalue weighted by Gasteiger charge is 2.30. The third-order valence-electron chi connectivity index (χ3n) is 7.27. The van der Waals surface area contributed by atoms with Crippen LogP contribution in [0.5, 0.6) is 0 Å². The lowest BCUT2D eigenvalue weighted by molar-refractivity contribution is -0.137. The number of halogens is 3. The smallest absolute Gasteiger partial charge is 0.392 e. The minimum Gasteiger partial charge on any atom is -0.392 e. The van der Waals surface area contributed by atoms with Crippen LogP contribution in [0.2, 0.25) is 0 Å². The zero-order valence-corrected chi connectivity index (χ0v) is 26.0. The quantitative estimate of drug-likeness (QED) is 0.109. The average molecular weight is 656 g/mol. The Morgan fingerprint density at radius 1 is 0.891 bits per heavy atom. The number of aliphatic hydroxyl groups is 1. The maximum Gasteiger partial charge on any atom is 0.416 e. The molecule has 0 fully saturated rings. The van der Waals surface area contributed by atoms with Gasteiger partial charge in [-0.05, 0) is 60.2 Å². The van der Waals surface area contributed by atoms with Gasteiger partial charge < -0.3 is 10.4 Å². The molecule has 0 aliphatic rings. The van der Waals surface area contributed by atoms with Crippen molar-refractivity contribution >= 4 is 27.3 Å². The summed E-state index contributed by atoms with van der Waals surface area (Å²) in [4.78, 5) is 18.7. The van der Waals surface area contributed by atoms with E-state index >= 15 is 0 Å². The van der Waals surface area contributed by atoms with Crippen LogP contribution in [0.15, 0.2) is 109 Å². The summed E-state index contributed by atoms with van der Waals surface area (Å²) in [6.07, 6.45) is -3.43. The summed E-state index contributed by atoms with van der Waals surface area (Å²) in [5.41, 5.74) is 3.67. The molecule has 4 rings (SSSR count). The molecule has 46 heavy (non-hydrogen) atoms. The number of nitrogens with one attached hydrogen (secondary N) is 2. The fourth-order valence-corrected chi connectivity index (χ4v) is 6.05. The van der Waals surface area contributed by atoms with E-state index in [1.54, 1.807) is 48.5 Å². The van der Waals surface area contributed by atoms with E-state index < -0.39 is 33.8 Å². The van der Waals surface area contributed by atoms with Crippen molar-refractivity contribution in [2.24, 2.45) is 5.92 Å². The second kappa shape index (κ2) is 15.9. The number of alkyl halides is 3. The van der Waals surface area contributed by atoms with E-state index in [2.05, 4.69) is 10.8 Å². The van der Waals surface area contributed by atoms with Crippen LogP contribution in [0, 0.1) is 5.92 Å². The lowest BCUT2D eigenvalue weighted by atomic mass is 9.91. The van der Waals surface area contributed by atoms with E-state index in [4.69, 9.17) is 4.84 Å². The van der Waals surface area contributed by atoms with Crippen molar-refractivity contribution in [1.29, 1.82) is 0 Å². The van der Waals surface area contributed by atoms with E-state index in [1.807, 2.05) is 30.3 Å². The van der Waals surface area contributed by atoms with Crippen molar-refractivity contribution in [2.45, 2.75) is 31.7 Å². The molecule has 1 amide bonds. The molecule has 0 aromatic heterocycles. The van der Waals surface area contributed by atoms with Crippen LogP contribution in [0.1, 0.15) is 33.5 Å². The summed E-state index contributed by atoms with van der Waals surface area (Å²) < 4.78 is 65.8. The van der Waals surface area contributed by atoms with Gasteiger partial charge in [0, 0.05) is 13.1 Å². The van der Waals surface area contributed by atoms with Crippen molar-refractivity contribution in [3.63, 3.8) is 0 Å². The van der Waals surface area contributed by atoms with Gasteiger partial charge in [-0.3, -0.25) is 9.63 Å². The summed E-state index contributed by atoms with van der Waals surface area (Å²) in [7, 11) is -3.81. The summed E-state index contributed by atoms with van der Waals surface area (Å²) in [5, 5.41) is 14.1. The number of aliphatic hydroxyl groups excluding tert-OH is 1. The van der Waals surface area contributed by atoms with Gasteiger partial charge >= 0.3 is 6.18 Å². The minimum absolute atomic E-state index is 0.0323. The highest BCUT2D eigenvalue weighted by molar-refractivity contribution is 7.92. The van der Waals surface area contributed by atoms with E-state index in [0.29, 0.717) is 24.1 Å². The zero-order valence-electron chi connectivity index (χ0n) is 25.2. The minimum atomic E-state index is -4.44. The Labute approximate surface area is 266 Å². The van der Waals surface area contributed by atoms with E-state index in [-0.39, 0.29) is 36.9 Å². The lowest BCUT2D eigenvalue weighted by Gasteiger charge is -2.25. The summed E-state index contributed by atoms with van der Waals surface area (Å²) in [6, 6.07) is 29.2. The number of sulfonamides is 1. The van der Waals surface area contributed by atoms with Crippen LogP contribution >= 0.6 is 0 Å². The van der Waals surface area contributed by atoms with Gasteiger partial charge in [0.2, 0.25) is 10.0 Å². The van der Waals surface area contributed by atoms with Crippen LogP contribution < -0.4 is 15.1 Å². The molecule has 0 heterocycles. The number of carbonyl (C=O) groups is 1. The van der Waals surface area contributed by atoms with Crippen LogP contribution in [-0.2, 0) is 34.0 Å². The molecule has 0 radical (unpaired) electrons. The predicted octanol–water partition coefficient (Wildman–Crippen LogP) is 5.86. The largest absolute Gasteiger partial charge is 0.416 e. The first-order chi connectivity index (χ1) is 21.9. The fourth-order valence-electron chi connectivity index (χ4n) is 5.03. The summed E-state index contributed by atoms with van der Waals surface area (Å²) >= 11 is 0. The second-order valence-electron chi connectivity index (χ2n) is 10.8. The maximum atomic E-state index is 13.2. The monoisotopic (exact) mass is 655 g/mol. The highest BCUT2D eigenvalue weighted by atomic mass is 32.2. The predicted molar refractivity (Wildman–Crippen MR) is 171 cm³/mol. The molecule has 8 nitrogen and oxygen atoms in total. The Morgan fingerprint density at radius 3 is 2.20 bits per heavy atom. The van der Waals surface area contributed by atoms with Crippen molar-refractivity contribution in [3.8, 4) is 0 Å². The van der Waals surface area contributed by atoms with Gasteiger partial charge in [-0.2, -0.15) is 13.2 Å². The van der Waals surface area contributed by atoms with Gasteiger partial charge in [-0.15, -0.1) is 0 Å². The summed E-state index contributed by atoms with van der Waals surface area (Å²) in [5.74, 6) is -0.970. The first kappa shape index (κ1) is 34.6. The van der Waals surface area contributed by atoms with Crippen molar-refractivity contribution in [3.05, 3.63) is 131 Å². The number of benzene rings is 4. The first-order valence-corrected chi connectivity index (χ1v) is 16.4. The van der Waals surface area contributed by atoms with Crippen LogP contribution in [0.25, 0.3) is 0 Å². The van der Waals surface area contributed by atoms with Crippen molar-refractivity contribution in [2.75, 3.05) is 23.7 Å². The molecule has 0 aliphatic heterocycles. The van der Waals surface area contributed by atoms with Gasteiger partial charge in [0.1, 0.15) is 0 Å². The number of rotatable bonds is 15. The Bertz CT molecular complexity index is 1670. The maximum absolute atomic E-state index is 13.2. The van der Waals surface area contributed by atoms with Crippen molar-refractivity contribution in [1.82, 2.24) is 10.8 Å². The number of nitrogens with zero attached hydrogens (tertiary/aromatic N) is 1. The van der Waals surface area contributed by atoms with Gasteiger partial charge in [-0.25, -0.2) is 18.2 Å². The highest BCUT2D eigenvalue weighted by Crippen LogP contribution is 2.31. The van der Waals surface area contributed by atoms with E-state index in [0.717, 1.165) is 28.3 Å². The van der Waals surface area contributed by atoms with Crippen LogP contribution in [-0.4, -0.2) is 44.9 Å². The standard InChI is InChI=1S/C34H36F3N3O5S/c1-46(43,44)40(29-15-6-3-7-16-29)31-18-9-8-17-30(31)33(42)39-45-20-19-27(21-25-11-4-2-5-12-25)32(41)24-38-23-26-13-10-14-28(22-26)34(35,36)37/h2-18,22,27,32,38,41H,19-21,23-24H2,1H3,(H,39,42)/t27-,32+/m1/s1. The molecule has 0 aliphatic carbocycles. The third-order valence-corrected chi connectivity index (χ3v) is 8.34. The second-order valence-corrected chi connectivity index (χ2v) is 12.6. The normalized spacial score (nSPS) is 13.2. The van der Waals surface area contributed by atoms with Crippen LogP contribution in [0.4, 0.5) is 24.5 Å². The molecule has 2 atom stereocenters. The number of para-hydroxylation sites is 2. The molecule has 0 spiro atoms. The molecule has 4 aromatic carbocycles. The van der Waals surface area contributed by atoms with Gasteiger partial charge in [-0.1, -0.05) is 78.9 Å². The van der Waals surface area contributed by atoms with Gasteiger partial charge in [0.05, 0.1) is 41.5 Å². The van der Waals surface area contributed by atoms with E-state index in [1.165, 1.54) is 18.2 Å². The molecule has 4 aromatic rings. The van der Waals surface area contributed by atoms with Gasteiger partial charge in [0.25, 0.3) is 5.91 Å². The van der Waals surface area contributed by atoms with Gasteiger partial charge in [0.15, 0.2) is 0 Å². The number of hydroxylamine groups is 1. The number of amides is 1. The van der Waals surface area contributed by atoms with Crippen LogP contribution in [0.3, 0.4) is 0 Å². The third kappa shape index (κ3) is 9.88. The number of hydrogen-bond donors (Lipinski definition) is 3. The number of carbonyl (C=O) groups excluding carboxylic acids is 1. The number of anilines is 2. The van der Waals surface area contributed by atoms with E-state index in [9.17, 15) is 31.5 Å². The topological polar surface area (TPSA) is 108 Å². The van der Waals surface area contributed by atoms with Crippen molar-refractivity contribution < 1.29 is 36.3 Å². The number of hydrogen-bond acceptors (Lipinski definition) is 6. The Hall–Kier alpha value is -4.23. The average Bonchev–Trinajstić information content (AvgIpc) is 3.03. The molecular formula is C34H36F3N3O5S. The summed E-state index contributed by atoms with van der Waals surface area (Å²) in [6.45, 7) is 0.289. The zero-order chi connectivity index (χ0) is 33.2. The molecule has 0 saturated carbocycles.